The van der Waals surface area contributed by atoms with Gasteiger partial charge in [0.15, 0.2) is 0 Å². The number of amides is 2. The van der Waals surface area contributed by atoms with E-state index < -0.39 is 0 Å². The van der Waals surface area contributed by atoms with Crippen molar-refractivity contribution in [1.82, 2.24) is 0 Å². The summed E-state index contributed by atoms with van der Waals surface area (Å²) >= 11 is 0. The second-order valence-corrected chi connectivity index (χ2v) is 9.59. The minimum absolute atomic E-state index is 0.0825. The number of nitrogens with zero attached hydrogens (tertiary/aromatic N) is 1. The number of aryl methyl sites for hydroxylation is 1. The van der Waals surface area contributed by atoms with Gasteiger partial charge in [-0.05, 0) is 41.3 Å². The van der Waals surface area contributed by atoms with E-state index >= 15 is 0 Å². The quantitative estimate of drug-likeness (QED) is 0.467. The number of carbonyl (C=O) groups is 2. The molecule has 0 aliphatic carbocycles. The van der Waals surface area contributed by atoms with Gasteiger partial charge in [0.1, 0.15) is 0 Å². The van der Waals surface area contributed by atoms with Crippen LogP contribution in [0.1, 0.15) is 55.5 Å². The minimum atomic E-state index is -0.297. The van der Waals surface area contributed by atoms with Gasteiger partial charge in [-0.2, -0.15) is 0 Å². The molecule has 0 unspecified atom stereocenters. The fraction of sp³-hybridized carbons (Fsp3) is 0.241. The van der Waals surface area contributed by atoms with Crippen LogP contribution in [0.4, 0.5) is 5.69 Å². The Morgan fingerprint density at radius 3 is 1.22 bits per heavy atom. The molecule has 0 N–H and O–H groups in total. The summed E-state index contributed by atoms with van der Waals surface area (Å²) in [6, 6.07) is 25.3. The van der Waals surface area contributed by atoms with Crippen LogP contribution in [0, 0.1) is 6.92 Å². The van der Waals surface area contributed by atoms with Crippen LogP contribution in [-0.2, 0) is 20.4 Å². The van der Waals surface area contributed by atoms with Crippen LogP contribution >= 0.6 is 0 Å². The lowest BCUT2D eigenvalue weighted by atomic mass is 9.74. The lowest BCUT2D eigenvalue weighted by Gasteiger charge is -2.30. The summed E-state index contributed by atoms with van der Waals surface area (Å²) in [7, 11) is 0. The van der Waals surface area contributed by atoms with Crippen LogP contribution in [0.2, 0.25) is 0 Å². The molecule has 4 rings (SSSR count). The maximum Gasteiger partial charge on any atom is 0.258 e. The molecule has 0 fully saturated rings. The molecule has 2 amide bonds. The fourth-order valence-corrected chi connectivity index (χ4v) is 4.29. The van der Waals surface area contributed by atoms with Gasteiger partial charge < -0.3 is 0 Å². The fourth-order valence-electron chi connectivity index (χ4n) is 4.29. The molecule has 0 saturated heterocycles. The molecule has 3 aromatic carbocycles. The van der Waals surface area contributed by atoms with E-state index in [1.165, 1.54) is 39.3 Å². The molecule has 1 aliphatic heterocycles. The summed E-state index contributed by atoms with van der Waals surface area (Å²) in [5.74, 6) is -0.595. The zero-order chi connectivity index (χ0) is 23.1. The Balaban J connectivity index is 1.58. The van der Waals surface area contributed by atoms with Gasteiger partial charge in [0.2, 0.25) is 0 Å². The average Bonchev–Trinajstić information content (AvgIpc) is 3.12. The van der Waals surface area contributed by atoms with Gasteiger partial charge in [0, 0.05) is 23.0 Å². The molecule has 3 nitrogen and oxygen atoms in total. The van der Waals surface area contributed by atoms with Crippen LogP contribution in [0.15, 0.2) is 84.9 Å². The predicted octanol–water partition coefficient (Wildman–Crippen LogP) is 6.08. The highest BCUT2D eigenvalue weighted by molar-refractivity contribution is 6.28. The van der Waals surface area contributed by atoms with Gasteiger partial charge in [-0.1, -0.05) is 93.9 Å². The summed E-state index contributed by atoms with van der Waals surface area (Å²) in [6.45, 7) is 11.0. The zero-order valence-corrected chi connectivity index (χ0v) is 19.3. The topological polar surface area (TPSA) is 37.4 Å². The van der Waals surface area contributed by atoms with Crippen LogP contribution < -0.4 is 4.90 Å². The molecular formula is C29H29NO2. The standard InChI is InChI=1S/C29H29NO2/c1-20-6-8-21(9-7-20)28(2,3)22-10-12-23(13-11-22)29(4,5)24-14-16-25(17-15-24)30-26(31)18-19-27(30)32/h6-19H,1-5H3. The van der Waals surface area contributed by atoms with E-state index in [-0.39, 0.29) is 22.6 Å². The molecule has 1 aliphatic rings. The van der Waals surface area contributed by atoms with Crippen molar-refractivity contribution in [2.75, 3.05) is 4.90 Å². The summed E-state index contributed by atoms with van der Waals surface area (Å²) in [5, 5.41) is 0. The Hall–Kier alpha value is -3.46. The molecule has 0 spiro atoms. The van der Waals surface area contributed by atoms with Crippen molar-refractivity contribution in [2.45, 2.75) is 45.4 Å². The van der Waals surface area contributed by atoms with E-state index in [0.717, 1.165) is 5.56 Å². The second-order valence-electron chi connectivity index (χ2n) is 9.59. The first-order chi connectivity index (χ1) is 15.1. The van der Waals surface area contributed by atoms with E-state index in [2.05, 4.69) is 83.1 Å². The Labute approximate surface area is 190 Å². The van der Waals surface area contributed by atoms with Gasteiger partial charge in [0.25, 0.3) is 11.8 Å². The number of anilines is 1. The Morgan fingerprint density at radius 2 is 0.844 bits per heavy atom. The lowest BCUT2D eigenvalue weighted by Crippen LogP contribution is -2.29. The molecule has 0 atom stereocenters. The van der Waals surface area contributed by atoms with Crippen molar-refractivity contribution < 1.29 is 9.59 Å². The summed E-state index contributed by atoms with van der Waals surface area (Å²) < 4.78 is 0. The van der Waals surface area contributed by atoms with Crippen molar-refractivity contribution >= 4 is 17.5 Å². The van der Waals surface area contributed by atoms with Crippen molar-refractivity contribution in [3.05, 3.63) is 113 Å². The van der Waals surface area contributed by atoms with Crippen molar-refractivity contribution in [1.29, 1.82) is 0 Å². The van der Waals surface area contributed by atoms with E-state index in [1.807, 2.05) is 24.3 Å². The molecule has 0 aromatic heterocycles. The Bertz CT molecular complexity index is 1160. The second kappa shape index (κ2) is 7.90. The number of carbonyl (C=O) groups excluding carboxylic acids is 2. The number of hydrogen-bond acceptors (Lipinski definition) is 2. The molecule has 162 valence electrons. The number of rotatable bonds is 5. The first-order valence-electron chi connectivity index (χ1n) is 11.0. The normalized spacial score (nSPS) is 14.3. The van der Waals surface area contributed by atoms with Crippen LogP contribution in [0.25, 0.3) is 0 Å². The van der Waals surface area contributed by atoms with Gasteiger partial charge >= 0.3 is 0 Å². The molecule has 32 heavy (non-hydrogen) atoms. The monoisotopic (exact) mass is 423 g/mol. The lowest BCUT2D eigenvalue weighted by molar-refractivity contribution is -0.119. The SMILES string of the molecule is Cc1ccc(C(C)(C)c2ccc(C(C)(C)c3ccc(N4C(=O)C=CC4=O)cc3)cc2)cc1. The van der Waals surface area contributed by atoms with Crippen molar-refractivity contribution in [3.8, 4) is 0 Å². The van der Waals surface area contributed by atoms with E-state index in [9.17, 15) is 9.59 Å². The van der Waals surface area contributed by atoms with Crippen molar-refractivity contribution in [2.24, 2.45) is 0 Å². The van der Waals surface area contributed by atoms with Gasteiger partial charge in [-0.15, -0.1) is 0 Å². The highest BCUT2D eigenvalue weighted by Crippen LogP contribution is 2.36. The molecule has 3 heteroatoms. The molecule has 3 aromatic rings. The maximum atomic E-state index is 11.9. The molecular weight excluding hydrogens is 394 g/mol. The summed E-state index contributed by atoms with van der Waals surface area (Å²) in [5.41, 5.74) is 6.47. The highest BCUT2D eigenvalue weighted by atomic mass is 16.2. The van der Waals surface area contributed by atoms with Gasteiger partial charge in [0.05, 0.1) is 5.69 Å². The maximum absolute atomic E-state index is 11.9. The first kappa shape index (κ1) is 21.8. The first-order valence-corrected chi connectivity index (χ1v) is 11.0. The zero-order valence-electron chi connectivity index (χ0n) is 19.3. The summed E-state index contributed by atoms with van der Waals surface area (Å²) in [4.78, 5) is 25.1. The smallest absolute Gasteiger partial charge is 0.258 e. The minimum Gasteiger partial charge on any atom is -0.269 e. The van der Waals surface area contributed by atoms with Crippen LogP contribution in [0.5, 0.6) is 0 Å². The molecule has 0 radical (unpaired) electrons. The van der Waals surface area contributed by atoms with E-state index in [0.29, 0.717) is 5.69 Å². The largest absolute Gasteiger partial charge is 0.269 e. The van der Waals surface area contributed by atoms with Crippen molar-refractivity contribution in [3.63, 3.8) is 0 Å². The Kier molecular flexibility index (Phi) is 5.37. The van der Waals surface area contributed by atoms with Crippen LogP contribution in [-0.4, -0.2) is 11.8 Å². The number of benzene rings is 3. The summed E-state index contributed by atoms with van der Waals surface area (Å²) in [6.07, 6.45) is 2.61. The predicted molar refractivity (Wildman–Crippen MR) is 130 cm³/mol. The third kappa shape index (κ3) is 3.80. The van der Waals surface area contributed by atoms with Gasteiger partial charge in [-0.25, -0.2) is 4.90 Å². The number of hydrogen-bond donors (Lipinski definition) is 0. The average molecular weight is 424 g/mol. The Morgan fingerprint density at radius 1 is 0.531 bits per heavy atom. The molecule has 0 saturated carbocycles. The highest BCUT2D eigenvalue weighted by Gasteiger charge is 2.28. The van der Waals surface area contributed by atoms with Crippen LogP contribution in [0.3, 0.4) is 0 Å². The molecule has 0 bridgehead atoms. The number of imide groups is 1. The van der Waals surface area contributed by atoms with E-state index in [1.54, 1.807) is 0 Å². The third-order valence-corrected chi connectivity index (χ3v) is 6.76. The third-order valence-electron chi connectivity index (χ3n) is 6.76. The molecule has 1 heterocycles. The van der Waals surface area contributed by atoms with Gasteiger partial charge in [-0.3, -0.25) is 9.59 Å². The van der Waals surface area contributed by atoms with E-state index in [4.69, 9.17) is 0 Å².